The predicted molar refractivity (Wildman–Crippen MR) is 105 cm³/mol. The standard InChI is InChI=1S/C23H25N3O2/c1-3-15-10-11-17-18(12-15)20(16-8-6-5-7-9-16)23(14-25,22(27)28-4-2)21(26)19(17)13-24/h5-9,15,20H,3-4,10-12,26H2,1-2H3/t15-,20-,23+/m0/s1. The molecule has 0 unspecified atom stereocenters. The highest BCUT2D eigenvalue weighted by Crippen LogP contribution is 2.56. The van der Waals surface area contributed by atoms with E-state index < -0.39 is 17.3 Å². The number of nitrogens with zero attached hydrogens (tertiary/aromatic N) is 2. The second-order valence-corrected chi connectivity index (χ2v) is 7.41. The highest BCUT2D eigenvalue weighted by molar-refractivity contribution is 5.88. The summed E-state index contributed by atoms with van der Waals surface area (Å²) in [6.07, 6.45) is 3.49. The molecule has 5 nitrogen and oxygen atoms in total. The molecule has 0 bridgehead atoms. The molecule has 0 amide bonds. The summed E-state index contributed by atoms with van der Waals surface area (Å²) >= 11 is 0. The third kappa shape index (κ3) is 2.88. The van der Waals surface area contributed by atoms with Gasteiger partial charge in [0, 0.05) is 5.92 Å². The highest BCUT2D eigenvalue weighted by Gasteiger charge is 2.57. The van der Waals surface area contributed by atoms with E-state index in [0.717, 1.165) is 42.4 Å². The van der Waals surface area contributed by atoms with Crippen LogP contribution in [0, 0.1) is 34.0 Å². The lowest BCUT2D eigenvalue weighted by Gasteiger charge is -2.43. The van der Waals surface area contributed by atoms with Crippen molar-refractivity contribution in [1.29, 1.82) is 10.5 Å². The van der Waals surface area contributed by atoms with Crippen LogP contribution in [0.4, 0.5) is 0 Å². The highest BCUT2D eigenvalue weighted by atomic mass is 16.5. The molecule has 0 spiro atoms. The Morgan fingerprint density at radius 1 is 1.29 bits per heavy atom. The van der Waals surface area contributed by atoms with Crippen molar-refractivity contribution < 1.29 is 9.53 Å². The normalized spacial score (nSPS) is 26.9. The first-order valence-electron chi connectivity index (χ1n) is 9.81. The maximum atomic E-state index is 13.1. The van der Waals surface area contributed by atoms with Crippen molar-refractivity contribution in [2.45, 2.75) is 45.4 Å². The molecule has 0 saturated heterocycles. The average molecular weight is 375 g/mol. The van der Waals surface area contributed by atoms with Crippen LogP contribution < -0.4 is 5.73 Å². The molecule has 28 heavy (non-hydrogen) atoms. The molecule has 3 atom stereocenters. The zero-order valence-electron chi connectivity index (χ0n) is 16.4. The van der Waals surface area contributed by atoms with Crippen LogP contribution in [0.5, 0.6) is 0 Å². The number of nitriles is 2. The van der Waals surface area contributed by atoms with E-state index in [4.69, 9.17) is 10.5 Å². The molecule has 0 radical (unpaired) electrons. The quantitative estimate of drug-likeness (QED) is 0.799. The second-order valence-electron chi connectivity index (χ2n) is 7.41. The fourth-order valence-electron chi connectivity index (χ4n) is 4.62. The SMILES string of the molecule is CCOC(=O)[C@@]1(C#N)C(N)=C(C#N)C2=C(C[C@@H](CC)CC2)[C@@H]1c1ccccc1. The van der Waals surface area contributed by atoms with Gasteiger partial charge >= 0.3 is 5.97 Å². The minimum Gasteiger partial charge on any atom is -0.464 e. The summed E-state index contributed by atoms with van der Waals surface area (Å²) in [6, 6.07) is 13.9. The number of rotatable bonds is 4. The third-order valence-electron chi connectivity index (χ3n) is 6.07. The molecule has 2 aliphatic rings. The van der Waals surface area contributed by atoms with Gasteiger partial charge in [0.25, 0.3) is 0 Å². The van der Waals surface area contributed by atoms with Crippen LogP contribution in [-0.2, 0) is 9.53 Å². The molecule has 2 N–H and O–H groups in total. The number of carbonyl (C=O) groups is 1. The molecular formula is C23H25N3O2. The maximum Gasteiger partial charge on any atom is 0.333 e. The molecule has 2 aliphatic carbocycles. The lowest BCUT2D eigenvalue weighted by atomic mass is 9.58. The summed E-state index contributed by atoms with van der Waals surface area (Å²) in [5.41, 5.74) is 7.75. The van der Waals surface area contributed by atoms with Gasteiger partial charge in [-0.05, 0) is 43.2 Å². The number of allylic oxidation sites excluding steroid dienone is 3. The van der Waals surface area contributed by atoms with Crippen LogP contribution in [0.2, 0.25) is 0 Å². The fraction of sp³-hybridized carbons (Fsp3) is 0.435. The van der Waals surface area contributed by atoms with E-state index in [1.165, 1.54) is 0 Å². The Hall–Kier alpha value is -3.05. The summed E-state index contributed by atoms with van der Waals surface area (Å²) in [5, 5.41) is 20.1. The number of hydrogen-bond acceptors (Lipinski definition) is 5. The van der Waals surface area contributed by atoms with Gasteiger partial charge in [0.2, 0.25) is 5.41 Å². The van der Waals surface area contributed by atoms with Crippen molar-refractivity contribution in [2.75, 3.05) is 6.61 Å². The van der Waals surface area contributed by atoms with Crippen LogP contribution in [0.3, 0.4) is 0 Å². The van der Waals surface area contributed by atoms with Crippen LogP contribution in [0.15, 0.2) is 52.7 Å². The van der Waals surface area contributed by atoms with E-state index in [-0.39, 0.29) is 17.9 Å². The van der Waals surface area contributed by atoms with E-state index in [0.29, 0.717) is 5.92 Å². The molecule has 0 aliphatic heterocycles. The molecule has 1 aromatic carbocycles. The Bertz CT molecular complexity index is 917. The average Bonchev–Trinajstić information content (AvgIpc) is 2.73. The maximum absolute atomic E-state index is 13.1. The van der Waals surface area contributed by atoms with E-state index in [1.54, 1.807) is 6.92 Å². The van der Waals surface area contributed by atoms with Gasteiger partial charge in [0.1, 0.15) is 6.07 Å². The van der Waals surface area contributed by atoms with Crippen LogP contribution in [0.1, 0.15) is 51.0 Å². The van der Waals surface area contributed by atoms with Crippen LogP contribution in [-0.4, -0.2) is 12.6 Å². The fourth-order valence-corrected chi connectivity index (χ4v) is 4.62. The van der Waals surface area contributed by atoms with Crippen molar-refractivity contribution in [3.63, 3.8) is 0 Å². The monoisotopic (exact) mass is 375 g/mol. The first-order chi connectivity index (χ1) is 13.5. The van der Waals surface area contributed by atoms with Crippen LogP contribution in [0.25, 0.3) is 0 Å². The van der Waals surface area contributed by atoms with Crippen molar-refractivity contribution in [1.82, 2.24) is 0 Å². The molecule has 0 fully saturated rings. The van der Waals surface area contributed by atoms with Crippen molar-refractivity contribution >= 4 is 5.97 Å². The van der Waals surface area contributed by atoms with E-state index in [1.807, 2.05) is 30.3 Å². The zero-order chi connectivity index (χ0) is 20.3. The first kappa shape index (κ1) is 19.7. The third-order valence-corrected chi connectivity index (χ3v) is 6.07. The summed E-state index contributed by atoms with van der Waals surface area (Å²) < 4.78 is 5.32. The lowest BCUT2D eigenvalue weighted by Crippen LogP contribution is -2.46. The molecule has 0 saturated carbocycles. The van der Waals surface area contributed by atoms with Crippen molar-refractivity contribution in [3.8, 4) is 12.1 Å². The number of esters is 1. The van der Waals surface area contributed by atoms with Crippen LogP contribution >= 0.6 is 0 Å². The number of carbonyl (C=O) groups excluding carboxylic acids is 1. The van der Waals surface area contributed by atoms with Gasteiger partial charge < -0.3 is 10.5 Å². The van der Waals surface area contributed by atoms with Gasteiger partial charge in [-0.3, -0.25) is 0 Å². The number of ether oxygens (including phenoxy) is 1. The van der Waals surface area contributed by atoms with Gasteiger partial charge in [0.15, 0.2) is 0 Å². The minimum absolute atomic E-state index is 0.0264. The molecule has 0 aromatic heterocycles. The number of benzene rings is 1. The smallest absolute Gasteiger partial charge is 0.333 e. The van der Waals surface area contributed by atoms with E-state index >= 15 is 0 Å². The summed E-state index contributed by atoms with van der Waals surface area (Å²) in [5.74, 6) is -0.760. The Balaban J connectivity index is 2.33. The van der Waals surface area contributed by atoms with E-state index in [9.17, 15) is 15.3 Å². The van der Waals surface area contributed by atoms with E-state index in [2.05, 4.69) is 19.1 Å². The predicted octanol–water partition coefficient (Wildman–Crippen LogP) is 4.10. The van der Waals surface area contributed by atoms with Gasteiger partial charge in [-0.2, -0.15) is 10.5 Å². The topological polar surface area (TPSA) is 99.9 Å². The van der Waals surface area contributed by atoms with Crippen molar-refractivity contribution in [3.05, 3.63) is 58.3 Å². The molecule has 3 rings (SSSR count). The number of nitrogens with two attached hydrogens (primary N) is 1. The summed E-state index contributed by atoms with van der Waals surface area (Å²) in [4.78, 5) is 13.1. The Kier molecular flexibility index (Phi) is 5.56. The Morgan fingerprint density at radius 2 is 2.00 bits per heavy atom. The zero-order valence-corrected chi connectivity index (χ0v) is 16.4. The second kappa shape index (κ2) is 7.90. The van der Waals surface area contributed by atoms with Gasteiger partial charge in [0.05, 0.1) is 23.9 Å². The van der Waals surface area contributed by atoms with Gasteiger partial charge in [-0.25, -0.2) is 4.79 Å². The first-order valence-corrected chi connectivity index (χ1v) is 9.81. The minimum atomic E-state index is -1.73. The van der Waals surface area contributed by atoms with Gasteiger partial charge in [-0.1, -0.05) is 49.2 Å². The molecule has 1 aromatic rings. The molecule has 144 valence electrons. The molecule has 0 heterocycles. The molecule has 5 heteroatoms. The molecular weight excluding hydrogens is 350 g/mol. The Morgan fingerprint density at radius 3 is 2.57 bits per heavy atom. The largest absolute Gasteiger partial charge is 0.464 e. The Labute approximate surface area is 166 Å². The van der Waals surface area contributed by atoms with Crippen molar-refractivity contribution in [2.24, 2.45) is 17.1 Å². The summed E-state index contributed by atoms with van der Waals surface area (Å²) in [7, 11) is 0. The van der Waals surface area contributed by atoms with Gasteiger partial charge in [-0.15, -0.1) is 0 Å². The number of hydrogen-bond donors (Lipinski definition) is 1. The summed E-state index contributed by atoms with van der Waals surface area (Å²) in [6.45, 7) is 3.99. The lowest BCUT2D eigenvalue weighted by molar-refractivity contribution is -0.151.